The average Bonchev–Trinajstić information content (AvgIpc) is 0.811. The molecule has 0 aromatic heterocycles. The fraction of sp³-hybridized carbons (Fsp3) is 0. The summed E-state index contributed by atoms with van der Waals surface area (Å²) in [4.78, 5) is 8.25. The predicted octanol–water partition coefficient (Wildman–Crippen LogP) is -0.775. The Morgan fingerprint density at radius 1 is 1.60 bits per heavy atom. The monoisotopic (exact) mass is 71.0 g/mol. The second kappa shape index (κ2) is 3.80. The van der Waals surface area contributed by atoms with Crippen LogP contribution in [-0.4, -0.2) is 23.9 Å². The van der Waals surface area contributed by atoms with Crippen molar-refractivity contribution in [1.29, 1.82) is 0 Å². The van der Waals surface area contributed by atoms with E-state index < -0.39 is 5.09 Å². The predicted molar refractivity (Wildman–Crippen MR) is 18.6 cm³/mol. The summed E-state index contributed by atoms with van der Waals surface area (Å²) in [6.07, 6.45) is 0. The van der Waals surface area contributed by atoms with Crippen molar-refractivity contribution >= 4 is 18.9 Å². The summed E-state index contributed by atoms with van der Waals surface area (Å²) in [7, 11) is 0. The van der Waals surface area contributed by atoms with Crippen LogP contribution in [0.4, 0.5) is 0 Å². The van der Waals surface area contributed by atoms with Crippen LogP contribution < -0.4 is 0 Å². The molecule has 0 radical (unpaired) electrons. The Balaban J connectivity index is -0.0000000450. The van der Waals surface area contributed by atoms with Crippen LogP contribution in [0.5, 0.6) is 0 Å². The molecule has 0 unspecified atom stereocenters. The van der Waals surface area contributed by atoms with Crippen molar-refractivity contribution in [2.24, 2.45) is 0 Å². The number of nitrogens with zero attached hydrogens (tertiary/aromatic N) is 1. The summed E-state index contributed by atoms with van der Waals surface area (Å²) in [5.41, 5.74) is 0. The van der Waals surface area contributed by atoms with Crippen LogP contribution in [0.15, 0.2) is 0 Å². The normalized spacial score (nSPS) is 4.80. The van der Waals surface area contributed by atoms with Crippen LogP contribution in [0.1, 0.15) is 1.43 Å². The molecule has 4 nitrogen and oxygen atoms in total. The fourth-order valence-electron chi connectivity index (χ4n) is 0. The van der Waals surface area contributed by atoms with Crippen molar-refractivity contribution in [1.82, 2.24) is 0 Å². The maximum absolute atomic E-state index is 8.25. The standard InChI is InChI=1S/Li.NO3.H/c;2-1(3)4;/q;-1;/p+1. The Morgan fingerprint density at radius 2 is 1.60 bits per heavy atom. The van der Waals surface area contributed by atoms with Gasteiger partial charge in [-0.15, -0.1) is 0 Å². The molecule has 0 saturated carbocycles. The minimum absolute atomic E-state index is 0. The molecule has 0 aromatic rings. The van der Waals surface area contributed by atoms with Crippen molar-refractivity contribution < 1.29 is 6.51 Å². The van der Waals surface area contributed by atoms with E-state index in [0.29, 0.717) is 0 Å². The zero-order chi connectivity index (χ0) is 3.58. The van der Waals surface area contributed by atoms with E-state index in [-0.39, 0.29) is 20.3 Å². The van der Waals surface area contributed by atoms with Gasteiger partial charge in [0.15, 0.2) is 0 Å². The van der Waals surface area contributed by atoms with Crippen LogP contribution >= 0.6 is 0 Å². The van der Waals surface area contributed by atoms with Crippen molar-refractivity contribution in [2.75, 3.05) is 0 Å². The molecule has 5 heteroatoms. The molecule has 26 valence electrons. The summed E-state index contributed by atoms with van der Waals surface area (Å²) in [5, 5.41) is 14.8. The first-order valence-corrected chi connectivity index (χ1v) is 0.548. The molecular formula is H2LiNO3. The molecule has 0 saturated heterocycles. The topological polar surface area (TPSA) is 66.2 Å². The van der Waals surface area contributed by atoms with Crippen molar-refractivity contribution in [2.45, 2.75) is 0 Å². The molecule has 0 aromatic carbocycles. The molecule has 0 atom stereocenters. The molecule has 0 rings (SSSR count). The van der Waals surface area contributed by atoms with Gasteiger partial charge in [-0.2, -0.15) is 0 Å². The van der Waals surface area contributed by atoms with Crippen LogP contribution in [0.25, 0.3) is 0 Å². The average molecular weight is 71.0 g/mol. The van der Waals surface area contributed by atoms with Crippen molar-refractivity contribution in [3.8, 4) is 0 Å². The number of rotatable bonds is 0. The third-order valence-electron chi connectivity index (χ3n) is 0. The molecule has 0 N–H and O–H groups in total. The SMILES string of the molecule is O=[N+]([O-])[O-].[H+].[LiH]. The van der Waals surface area contributed by atoms with E-state index in [1.165, 1.54) is 0 Å². The Labute approximate surface area is 41.6 Å². The van der Waals surface area contributed by atoms with Gasteiger partial charge in [0.2, 0.25) is 0 Å². The van der Waals surface area contributed by atoms with Crippen LogP contribution in [0.3, 0.4) is 0 Å². The Morgan fingerprint density at radius 3 is 1.60 bits per heavy atom. The molecule has 0 fully saturated rings. The van der Waals surface area contributed by atoms with E-state index in [1.54, 1.807) is 0 Å². The Bertz CT molecular complexity index is 33.8. The fourth-order valence-corrected chi connectivity index (χ4v) is 0. The molecule has 0 aliphatic heterocycles. The van der Waals surface area contributed by atoms with E-state index >= 15 is 0 Å². The summed E-state index contributed by atoms with van der Waals surface area (Å²) in [5.74, 6) is 0. The number of hydrogen-bond acceptors (Lipinski definition) is 3. The zero-order valence-corrected chi connectivity index (χ0v) is 1.67. The first-order valence-electron chi connectivity index (χ1n) is 0.548. The van der Waals surface area contributed by atoms with Gasteiger partial charge in [0, 0.05) is 0 Å². The first-order chi connectivity index (χ1) is 1.73. The third-order valence-corrected chi connectivity index (χ3v) is 0. The van der Waals surface area contributed by atoms with Gasteiger partial charge in [-0.1, -0.05) is 0 Å². The molecule has 0 heterocycles. The number of hydrogen-bond donors (Lipinski definition) is 0. The quantitative estimate of drug-likeness (QED) is 0.214. The van der Waals surface area contributed by atoms with E-state index in [4.69, 9.17) is 15.3 Å². The van der Waals surface area contributed by atoms with E-state index in [1.807, 2.05) is 0 Å². The molecule has 0 amide bonds. The van der Waals surface area contributed by atoms with Gasteiger partial charge in [0.25, 0.3) is 0 Å². The van der Waals surface area contributed by atoms with E-state index in [2.05, 4.69) is 0 Å². The summed E-state index contributed by atoms with van der Waals surface area (Å²) in [6.45, 7) is 0. The summed E-state index contributed by atoms with van der Waals surface area (Å²) >= 11 is 0. The van der Waals surface area contributed by atoms with E-state index in [0.717, 1.165) is 0 Å². The van der Waals surface area contributed by atoms with E-state index in [9.17, 15) is 0 Å². The van der Waals surface area contributed by atoms with Crippen molar-refractivity contribution in [3.63, 3.8) is 0 Å². The Hall–Kier alpha value is -0.203. The molecular weight excluding hydrogens is 68.9 g/mol. The molecule has 0 aliphatic carbocycles. The minimum atomic E-state index is -1.75. The van der Waals surface area contributed by atoms with Gasteiger partial charge in [-0.3, -0.25) is 0 Å². The third kappa shape index (κ3) is 299. The summed E-state index contributed by atoms with van der Waals surface area (Å²) < 4.78 is 0. The van der Waals surface area contributed by atoms with Gasteiger partial charge >= 0.3 is 20.3 Å². The van der Waals surface area contributed by atoms with Crippen LogP contribution in [-0.2, 0) is 0 Å². The van der Waals surface area contributed by atoms with Crippen LogP contribution in [0.2, 0.25) is 0 Å². The molecule has 0 spiro atoms. The van der Waals surface area contributed by atoms with Gasteiger partial charge < -0.3 is 15.3 Å². The van der Waals surface area contributed by atoms with Gasteiger partial charge in [0.05, 0.1) is 5.09 Å². The van der Waals surface area contributed by atoms with Gasteiger partial charge in [-0.05, 0) is 0 Å². The van der Waals surface area contributed by atoms with Gasteiger partial charge in [-0.25, -0.2) is 0 Å². The zero-order valence-electron chi connectivity index (χ0n) is 2.67. The molecule has 5 heavy (non-hydrogen) atoms. The molecule has 0 bridgehead atoms. The first kappa shape index (κ1) is 8.84. The second-order valence-corrected chi connectivity index (χ2v) is 0.224. The van der Waals surface area contributed by atoms with Gasteiger partial charge in [0.1, 0.15) is 0 Å². The Kier molecular flexibility index (Phi) is 6.71. The summed E-state index contributed by atoms with van der Waals surface area (Å²) in [6, 6.07) is 0. The van der Waals surface area contributed by atoms with Crippen LogP contribution in [0, 0.1) is 15.3 Å². The van der Waals surface area contributed by atoms with Crippen molar-refractivity contribution in [3.05, 3.63) is 15.3 Å². The molecule has 0 aliphatic rings. The second-order valence-electron chi connectivity index (χ2n) is 0.224. The maximum atomic E-state index is 8.25.